The number of hydrogen-bond donors (Lipinski definition) is 1. The van der Waals surface area contributed by atoms with Crippen LogP contribution < -0.4 is 14.8 Å². The summed E-state index contributed by atoms with van der Waals surface area (Å²) < 4.78 is 12.6. The predicted molar refractivity (Wildman–Crippen MR) is 73.1 cm³/mol. The summed E-state index contributed by atoms with van der Waals surface area (Å²) in [5.74, 6) is 3.92. The molecule has 1 aromatic rings. The molecule has 2 aliphatic rings. The van der Waals surface area contributed by atoms with Gasteiger partial charge in [0.2, 0.25) is 0 Å². The topological polar surface area (TPSA) is 30.5 Å². The maximum atomic E-state index is 5.81. The van der Waals surface area contributed by atoms with Crippen molar-refractivity contribution in [2.24, 2.45) is 0 Å². The molecule has 0 amide bonds. The summed E-state index contributed by atoms with van der Waals surface area (Å²) in [6.07, 6.45) is 0. The number of nitrogens with one attached hydrogen (secondary N) is 1. The molecule has 1 aromatic carbocycles. The van der Waals surface area contributed by atoms with Crippen LogP contribution in [0.25, 0.3) is 0 Å². The average molecular weight is 316 g/mol. The highest BCUT2D eigenvalue weighted by Gasteiger charge is 2.29. The highest BCUT2D eigenvalue weighted by Crippen LogP contribution is 2.47. The van der Waals surface area contributed by atoms with Gasteiger partial charge in [0.25, 0.3) is 0 Å². The third-order valence-electron chi connectivity index (χ3n) is 3.15. The van der Waals surface area contributed by atoms with Crippen molar-refractivity contribution in [3.63, 3.8) is 0 Å². The number of benzene rings is 1. The van der Waals surface area contributed by atoms with Gasteiger partial charge in [0.05, 0.1) is 0 Å². The lowest BCUT2D eigenvalue weighted by Gasteiger charge is -2.31. The highest BCUT2D eigenvalue weighted by molar-refractivity contribution is 9.10. The van der Waals surface area contributed by atoms with Gasteiger partial charge in [0.15, 0.2) is 11.5 Å². The Balaban J connectivity index is 2.19. The smallest absolute Gasteiger partial charge is 0.166 e. The lowest BCUT2D eigenvalue weighted by molar-refractivity contribution is 0.168. The molecule has 0 fully saturated rings. The molecule has 1 atom stereocenters. The second-order valence-electron chi connectivity index (χ2n) is 4.13. The monoisotopic (exact) mass is 315 g/mol. The molecule has 0 aromatic heterocycles. The van der Waals surface area contributed by atoms with Crippen LogP contribution in [0.1, 0.15) is 17.2 Å². The normalized spacial score (nSPS) is 22.1. The first-order valence-corrected chi connectivity index (χ1v) is 7.62. The van der Waals surface area contributed by atoms with Crippen LogP contribution in [-0.4, -0.2) is 26.0 Å². The van der Waals surface area contributed by atoms with Gasteiger partial charge in [0.1, 0.15) is 13.2 Å². The summed E-state index contributed by atoms with van der Waals surface area (Å²) in [7, 11) is 2.00. The van der Waals surface area contributed by atoms with Crippen LogP contribution >= 0.6 is 27.7 Å². The summed E-state index contributed by atoms with van der Waals surface area (Å²) in [6, 6.07) is 2.38. The Morgan fingerprint density at radius 1 is 1.41 bits per heavy atom. The fourth-order valence-electron chi connectivity index (χ4n) is 2.32. The molecule has 3 rings (SSSR count). The van der Waals surface area contributed by atoms with Gasteiger partial charge in [-0.15, -0.1) is 0 Å². The standard InChI is InChI=1S/C12H14BrNO2S/c1-14-9-6-17-5-7-8(13)4-10-12(11(7)9)16-3-2-15-10/h4,9,14H,2-3,5-6H2,1H3. The Hall–Kier alpha value is -0.390. The Labute approximate surface area is 113 Å². The SMILES string of the molecule is CNC1CSCc2c(Br)cc3c(c21)OCCO3. The first-order chi connectivity index (χ1) is 8.31. The van der Waals surface area contributed by atoms with Gasteiger partial charge in [-0.3, -0.25) is 0 Å². The van der Waals surface area contributed by atoms with E-state index in [9.17, 15) is 0 Å². The molecule has 2 aliphatic heterocycles. The van der Waals surface area contributed by atoms with E-state index in [2.05, 4.69) is 21.2 Å². The summed E-state index contributed by atoms with van der Waals surface area (Å²) in [4.78, 5) is 0. The Morgan fingerprint density at radius 2 is 2.24 bits per heavy atom. The van der Waals surface area contributed by atoms with Crippen molar-refractivity contribution in [3.8, 4) is 11.5 Å². The molecule has 0 saturated heterocycles. The zero-order chi connectivity index (χ0) is 11.8. The van der Waals surface area contributed by atoms with E-state index in [4.69, 9.17) is 9.47 Å². The second-order valence-corrected chi connectivity index (χ2v) is 6.02. The van der Waals surface area contributed by atoms with Crippen molar-refractivity contribution < 1.29 is 9.47 Å². The number of ether oxygens (including phenoxy) is 2. The van der Waals surface area contributed by atoms with Gasteiger partial charge >= 0.3 is 0 Å². The first-order valence-electron chi connectivity index (χ1n) is 5.67. The van der Waals surface area contributed by atoms with Crippen LogP contribution in [0.3, 0.4) is 0 Å². The minimum atomic E-state index is 0.344. The molecule has 3 nitrogen and oxygen atoms in total. The minimum absolute atomic E-state index is 0.344. The van der Waals surface area contributed by atoms with E-state index >= 15 is 0 Å². The van der Waals surface area contributed by atoms with Gasteiger partial charge < -0.3 is 14.8 Å². The fraction of sp³-hybridized carbons (Fsp3) is 0.500. The van der Waals surface area contributed by atoms with E-state index in [1.807, 2.05) is 24.9 Å². The summed E-state index contributed by atoms with van der Waals surface area (Å²) in [5.41, 5.74) is 2.61. The molecule has 1 unspecified atom stereocenters. The molecule has 0 saturated carbocycles. The minimum Gasteiger partial charge on any atom is -0.486 e. The molecule has 0 aliphatic carbocycles. The van der Waals surface area contributed by atoms with E-state index in [0.29, 0.717) is 19.3 Å². The molecule has 0 bridgehead atoms. The third-order valence-corrected chi connectivity index (χ3v) is 4.92. The molecular weight excluding hydrogens is 302 g/mol. The molecule has 1 N–H and O–H groups in total. The Morgan fingerprint density at radius 3 is 3.06 bits per heavy atom. The maximum Gasteiger partial charge on any atom is 0.166 e. The van der Waals surface area contributed by atoms with Crippen molar-refractivity contribution in [3.05, 3.63) is 21.7 Å². The van der Waals surface area contributed by atoms with Gasteiger partial charge in [-0.25, -0.2) is 0 Å². The average Bonchev–Trinajstić information content (AvgIpc) is 2.38. The molecule has 0 spiro atoms. The van der Waals surface area contributed by atoms with E-state index in [0.717, 1.165) is 27.5 Å². The zero-order valence-corrected chi connectivity index (χ0v) is 12.0. The third kappa shape index (κ3) is 1.94. The van der Waals surface area contributed by atoms with Crippen molar-refractivity contribution in [1.82, 2.24) is 5.32 Å². The van der Waals surface area contributed by atoms with Crippen molar-refractivity contribution in [2.45, 2.75) is 11.8 Å². The van der Waals surface area contributed by atoms with Crippen LogP contribution in [-0.2, 0) is 5.75 Å². The Bertz CT molecular complexity index is 453. The van der Waals surface area contributed by atoms with Crippen molar-refractivity contribution in [1.29, 1.82) is 0 Å². The molecule has 2 heterocycles. The second kappa shape index (κ2) is 4.71. The largest absolute Gasteiger partial charge is 0.486 e. The molecule has 0 radical (unpaired) electrons. The number of fused-ring (bicyclic) bond motifs is 3. The van der Waals surface area contributed by atoms with Crippen LogP contribution in [0.5, 0.6) is 11.5 Å². The molecular formula is C12H14BrNO2S. The summed E-state index contributed by atoms with van der Waals surface area (Å²) in [5, 5.41) is 3.36. The maximum absolute atomic E-state index is 5.81. The van der Waals surface area contributed by atoms with E-state index < -0.39 is 0 Å². The number of halogens is 1. The lowest BCUT2D eigenvalue weighted by Crippen LogP contribution is -2.26. The highest BCUT2D eigenvalue weighted by atomic mass is 79.9. The number of rotatable bonds is 1. The quantitative estimate of drug-likeness (QED) is 0.863. The molecule has 92 valence electrons. The summed E-state index contributed by atoms with van der Waals surface area (Å²) >= 11 is 5.59. The fourth-order valence-corrected chi connectivity index (χ4v) is 4.27. The first kappa shape index (κ1) is 11.7. The Kier molecular flexibility index (Phi) is 3.23. The predicted octanol–water partition coefficient (Wildman–Crippen LogP) is 2.73. The zero-order valence-electron chi connectivity index (χ0n) is 9.59. The van der Waals surface area contributed by atoms with E-state index in [-0.39, 0.29) is 0 Å². The lowest BCUT2D eigenvalue weighted by atomic mass is 9.99. The number of thioether (sulfide) groups is 1. The van der Waals surface area contributed by atoms with Crippen molar-refractivity contribution in [2.75, 3.05) is 26.0 Å². The van der Waals surface area contributed by atoms with Crippen LogP contribution in [0.4, 0.5) is 0 Å². The van der Waals surface area contributed by atoms with Crippen LogP contribution in [0.2, 0.25) is 0 Å². The van der Waals surface area contributed by atoms with Gasteiger partial charge in [-0.1, -0.05) is 15.9 Å². The summed E-state index contributed by atoms with van der Waals surface area (Å²) in [6.45, 7) is 1.28. The molecule has 17 heavy (non-hydrogen) atoms. The van der Waals surface area contributed by atoms with Gasteiger partial charge in [-0.2, -0.15) is 11.8 Å². The van der Waals surface area contributed by atoms with Gasteiger partial charge in [0, 0.05) is 27.6 Å². The van der Waals surface area contributed by atoms with Gasteiger partial charge in [-0.05, 0) is 18.7 Å². The van der Waals surface area contributed by atoms with Crippen LogP contribution in [0.15, 0.2) is 10.5 Å². The molecule has 5 heteroatoms. The van der Waals surface area contributed by atoms with Crippen LogP contribution in [0, 0.1) is 0 Å². The van der Waals surface area contributed by atoms with E-state index in [1.165, 1.54) is 11.1 Å². The van der Waals surface area contributed by atoms with E-state index in [1.54, 1.807) is 0 Å². The number of hydrogen-bond acceptors (Lipinski definition) is 4. The van der Waals surface area contributed by atoms with Crippen molar-refractivity contribution >= 4 is 27.7 Å².